The van der Waals surface area contributed by atoms with E-state index in [1.54, 1.807) is 24.0 Å². The predicted molar refractivity (Wildman–Crippen MR) is 73.3 cm³/mol. The number of rotatable bonds is 5. The maximum atomic E-state index is 11.8. The maximum Gasteiger partial charge on any atom is 0.416 e. The van der Waals surface area contributed by atoms with E-state index in [0.29, 0.717) is 31.2 Å². The van der Waals surface area contributed by atoms with E-state index in [2.05, 4.69) is 10.4 Å². The third-order valence-electron chi connectivity index (χ3n) is 3.07. The number of hydrogen-bond donors (Lipinski definition) is 1. The largest absolute Gasteiger partial charge is 0.442 e. The predicted octanol–water partition coefficient (Wildman–Crippen LogP) is 0.908. The second kappa shape index (κ2) is 5.94. The Kier molecular flexibility index (Phi) is 4.26. The molecule has 20 heavy (non-hydrogen) atoms. The van der Waals surface area contributed by atoms with Gasteiger partial charge in [0.05, 0.1) is 19.3 Å². The lowest BCUT2D eigenvalue weighted by molar-refractivity contribution is -0.122. The molecule has 1 aliphatic heterocycles. The highest BCUT2D eigenvalue weighted by molar-refractivity contribution is 5.88. The maximum absolute atomic E-state index is 11.8. The topological polar surface area (TPSA) is 76.5 Å². The molecule has 1 unspecified atom stereocenters. The number of cyclic esters (lactones) is 1. The highest BCUT2D eigenvalue weighted by Gasteiger charge is 2.33. The monoisotopic (exact) mass is 280 g/mol. The van der Waals surface area contributed by atoms with Crippen molar-refractivity contribution in [3.8, 4) is 0 Å². The van der Waals surface area contributed by atoms with Crippen molar-refractivity contribution < 1.29 is 14.3 Å². The third-order valence-corrected chi connectivity index (χ3v) is 3.07. The summed E-state index contributed by atoms with van der Waals surface area (Å²) in [4.78, 5) is 24.9. The molecule has 0 aromatic carbocycles. The molecule has 110 valence electrons. The van der Waals surface area contributed by atoms with Crippen molar-refractivity contribution in [3.05, 3.63) is 12.3 Å². The van der Waals surface area contributed by atoms with E-state index in [1.165, 1.54) is 4.90 Å². The molecule has 1 N–H and O–H groups in total. The van der Waals surface area contributed by atoms with E-state index in [1.807, 2.05) is 13.8 Å². The number of aromatic nitrogens is 2. The zero-order chi connectivity index (χ0) is 14.7. The first-order valence-corrected chi connectivity index (χ1v) is 6.70. The van der Waals surface area contributed by atoms with Gasteiger partial charge < -0.3 is 10.1 Å². The normalized spacial score (nSPS) is 18.5. The second-order valence-corrected chi connectivity index (χ2v) is 5.33. The first-order valence-electron chi connectivity index (χ1n) is 6.70. The van der Waals surface area contributed by atoms with Crippen molar-refractivity contribution in [1.29, 1.82) is 0 Å². The summed E-state index contributed by atoms with van der Waals surface area (Å²) in [5.74, 6) is 0.980. The molecule has 1 atom stereocenters. The Hall–Kier alpha value is -2.05. The lowest BCUT2D eigenvalue weighted by atomic mass is 10.1. The fourth-order valence-electron chi connectivity index (χ4n) is 2.12. The molecule has 1 aromatic heterocycles. The van der Waals surface area contributed by atoms with Crippen LogP contribution in [0.3, 0.4) is 0 Å². The standard InChI is InChI=1S/C13H20N4O3/c1-9(2)6-11(18)14-7-10-8-17(13(19)20-10)12-4-5-15-16(12)3/h4-5,9-10H,6-8H2,1-3H3,(H,14,18). The van der Waals surface area contributed by atoms with Crippen LogP contribution in [0.25, 0.3) is 0 Å². The van der Waals surface area contributed by atoms with Gasteiger partial charge >= 0.3 is 6.09 Å². The van der Waals surface area contributed by atoms with Crippen LogP contribution in [-0.2, 0) is 16.6 Å². The quantitative estimate of drug-likeness (QED) is 0.869. The van der Waals surface area contributed by atoms with Crippen molar-refractivity contribution in [2.24, 2.45) is 13.0 Å². The van der Waals surface area contributed by atoms with Crippen LogP contribution >= 0.6 is 0 Å². The van der Waals surface area contributed by atoms with E-state index in [9.17, 15) is 9.59 Å². The van der Waals surface area contributed by atoms with E-state index in [0.717, 1.165) is 0 Å². The summed E-state index contributed by atoms with van der Waals surface area (Å²) in [5.41, 5.74) is 0. The van der Waals surface area contributed by atoms with Crippen LogP contribution in [0.15, 0.2) is 12.3 Å². The van der Waals surface area contributed by atoms with Crippen LogP contribution in [0, 0.1) is 5.92 Å². The summed E-state index contributed by atoms with van der Waals surface area (Å²) in [6, 6.07) is 1.75. The van der Waals surface area contributed by atoms with Gasteiger partial charge in [0.2, 0.25) is 5.91 Å². The Morgan fingerprint density at radius 2 is 2.35 bits per heavy atom. The minimum atomic E-state index is -0.406. The van der Waals surface area contributed by atoms with Gasteiger partial charge in [0, 0.05) is 19.5 Å². The lowest BCUT2D eigenvalue weighted by Crippen LogP contribution is -2.35. The van der Waals surface area contributed by atoms with Gasteiger partial charge in [-0.3, -0.25) is 14.4 Å². The summed E-state index contributed by atoms with van der Waals surface area (Å²) in [7, 11) is 1.76. The zero-order valence-corrected chi connectivity index (χ0v) is 12.0. The van der Waals surface area contributed by atoms with Gasteiger partial charge in [0.1, 0.15) is 11.9 Å². The van der Waals surface area contributed by atoms with Gasteiger partial charge in [-0.05, 0) is 5.92 Å². The van der Waals surface area contributed by atoms with Crippen LogP contribution in [0.1, 0.15) is 20.3 Å². The Balaban J connectivity index is 1.87. The smallest absolute Gasteiger partial charge is 0.416 e. The van der Waals surface area contributed by atoms with Crippen molar-refractivity contribution in [2.75, 3.05) is 18.0 Å². The van der Waals surface area contributed by atoms with Gasteiger partial charge in [-0.2, -0.15) is 5.10 Å². The number of carbonyl (C=O) groups is 2. The molecule has 1 aliphatic rings. The fourth-order valence-corrected chi connectivity index (χ4v) is 2.12. The lowest BCUT2D eigenvalue weighted by Gasteiger charge is -2.13. The summed E-state index contributed by atoms with van der Waals surface area (Å²) in [5, 5.41) is 6.82. The number of nitrogens with zero attached hydrogens (tertiary/aromatic N) is 3. The minimum Gasteiger partial charge on any atom is -0.442 e. The highest BCUT2D eigenvalue weighted by atomic mass is 16.6. The van der Waals surface area contributed by atoms with Crippen molar-refractivity contribution >= 4 is 17.8 Å². The van der Waals surface area contributed by atoms with Gasteiger partial charge in [-0.15, -0.1) is 0 Å². The molecule has 0 spiro atoms. The molecule has 1 saturated heterocycles. The van der Waals surface area contributed by atoms with Crippen LogP contribution in [-0.4, -0.2) is 41.0 Å². The molecule has 2 amide bonds. The molecular weight excluding hydrogens is 260 g/mol. The third kappa shape index (κ3) is 3.28. The first-order chi connectivity index (χ1) is 9.47. The Morgan fingerprint density at radius 1 is 1.60 bits per heavy atom. The SMILES string of the molecule is CC(C)CC(=O)NCC1CN(c2ccnn2C)C(=O)O1. The van der Waals surface area contributed by atoms with Gasteiger partial charge in [-0.1, -0.05) is 13.8 Å². The molecule has 1 fully saturated rings. The van der Waals surface area contributed by atoms with Gasteiger partial charge in [0.15, 0.2) is 0 Å². The number of aryl methyl sites for hydroxylation is 1. The van der Waals surface area contributed by atoms with Crippen molar-refractivity contribution in [1.82, 2.24) is 15.1 Å². The molecule has 1 aromatic rings. The molecule has 0 radical (unpaired) electrons. The van der Waals surface area contributed by atoms with E-state index < -0.39 is 6.09 Å². The molecule has 0 saturated carbocycles. The minimum absolute atomic E-state index is 0.0185. The Bertz CT molecular complexity index is 498. The van der Waals surface area contributed by atoms with Crippen LogP contribution in [0.2, 0.25) is 0 Å². The second-order valence-electron chi connectivity index (χ2n) is 5.33. The molecule has 2 rings (SSSR count). The fraction of sp³-hybridized carbons (Fsp3) is 0.615. The Labute approximate surface area is 117 Å². The number of anilines is 1. The molecule has 2 heterocycles. The average molecular weight is 280 g/mol. The summed E-state index contributed by atoms with van der Waals surface area (Å²) >= 11 is 0. The van der Waals surface area contributed by atoms with E-state index in [4.69, 9.17) is 4.74 Å². The Morgan fingerprint density at radius 3 is 2.95 bits per heavy atom. The number of nitrogens with one attached hydrogen (secondary N) is 1. The molecule has 7 heteroatoms. The summed E-state index contributed by atoms with van der Waals surface area (Å²) < 4.78 is 6.85. The number of carbonyl (C=O) groups excluding carboxylic acids is 2. The summed E-state index contributed by atoms with van der Waals surface area (Å²) in [6.45, 7) is 4.73. The van der Waals surface area contributed by atoms with E-state index >= 15 is 0 Å². The van der Waals surface area contributed by atoms with Crippen LogP contribution in [0.4, 0.5) is 10.6 Å². The first kappa shape index (κ1) is 14.4. The molecular formula is C13H20N4O3. The van der Waals surface area contributed by atoms with E-state index in [-0.39, 0.29) is 12.0 Å². The number of hydrogen-bond acceptors (Lipinski definition) is 4. The molecule has 0 aliphatic carbocycles. The molecule has 0 bridgehead atoms. The number of ether oxygens (including phenoxy) is 1. The highest BCUT2D eigenvalue weighted by Crippen LogP contribution is 2.20. The average Bonchev–Trinajstić information content (AvgIpc) is 2.92. The number of amides is 2. The zero-order valence-electron chi connectivity index (χ0n) is 12.0. The van der Waals surface area contributed by atoms with Gasteiger partial charge in [-0.25, -0.2) is 4.79 Å². The van der Waals surface area contributed by atoms with Crippen molar-refractivity contribution in [2.45, 2.75) is 26.4 Å². The van der Waals surface area contributed by atoms with Crippen LogP contribution < -0.4 is 10.2 Å². The van der Waals surface area contributed by atoms with Crippen molar-refractivity contribution in [3.63, 3.8) is 0 Å². The molecule has 7 nitrogen and oxygen atoms in total. The summed E-state index contributed by atoms with van der Waals surface area (Å²) in [6.07, 6.45) is 1.37. The van der Waals surface area contributed by atoms with Gasteiger partial charge in [0.25, 0.3) is 0 Å². The van der Waals surface area contributed by atoms with Crippen LogP contribution in [0.5, 0.6) is 0 Å².